The second-order valence-corrected chi connectivity index (χ2v) is 6.42. The number of nitrogens with one attached hydrogen (secondary N) is 1. The first-order chi connectivity index (χ1) is 12.0. The molecule has 2 aromatic carbocycles. The number of benzene rings is 2. The van der Waals surface area contributed by atoms with Gasteiger partial charge in [-0.15, -0.1) is 0 Å². The average molecular weight is 450 g/mol. The molecule has 0 unspecified atom stereocenters. The van der Waals surface area contributed by atoms with Gasteiger partial charge in [-0.2, -0.15) is 0 Å². The van der Waals surface area contributed by atoms with Gasteiger partial charge in [0.2, 0.25) is 0 Å². The van der Waals surface area contributed by atoms with Crippen LogP contribution in [-0.2, 0) is 9.59 Å². The van der Waals surface area contributed by atoms with Crippen molar-refractivity contribution in [3.8, 4) is 11.5 Å². The molecule has 25 heavy (non-hydrogen) atoms. The van der Waals surface area contributed by atoms with E-state index in [1.54, 1.807) is 36.4 Å². The molecule has 2 amide bonds. The molecule has 1 saturated heterocycles. The lowest BCUT2D eigenvalue weighted by Crippen LogP contribution is -2.35. The van der Waals surface area contributed by atoms with Crippen molar-refractivity contribution in [1.29, 1.82) is 0 Å². The van der Waals surface area contributed by atoms with Gasteiger partial charge in [0.15, 0.2) is 11.5 Å². The van der Waals surface area contributed by atoms with Gasteiger partial charge in [0.25, 0.3) is 11.8 Å². The van der Waals surface area contributed by atoms with E-state index in [4.69, 9.17) is 4.74 Å². The van der Waals surface area contributed by atoms with Crippen molar-refractivity contribution in [3.05, 3.63) is 57.2 Å². The number of hydrogen-bond donors (Lipinski definition) is 2. The Morgan fingerprint density at radius 2 is 1.96 bits per heavy atom. The van der Waals surface area contributed by atoms with Gasteiger partial charge < -0.3 is 9.84 Å². The summed E-state index contributed by atoms with van der Waals surface area (Å²) in [5.41, 5.74) is 3.75. The summed E-state index contributed by atoms with van der Waals surface area (Å²) in [5.74, 6) is -0.558. The molecule has 7 heteroatoms. The predicted molar refractivity (Wildman–Crippen MR) is 102 cm³/mol. The zero-order valence-corrected chi connectivity index (χ0v) is 15.5. The van der Waals surface area contributed by atoms with E-state index in [1.165, 1.54) is 11.1 Å². The van der Waals surface area contributed by atoms with Crippen LogP contribution in [0.15, 0.2) is 48.0 Å². The van der Waals surface area contributed by atoms with Crippen LogP contribution in [0.1, 0.15) is 12.5 Å². The first-order valence-corrected chi connectivity index (χ1v) is 8.66. The van der Waals surface area contributed by atoms with Gasteiger partial charge in [-0.25, -0.2) is 5.01 Å². The molecule has 0 aromatic heterocycles. The van der Waals surface area contributed by atoms with E-state index < -0.39 is 11.8 Å². The van der Waals surface area contributed by atoms with Crippen LogP contribution in [-0.4, -0.2) is 23.5 Å². The van der Waals surface area contributed by atoms with Gasteiger partial charge in [-0.1, -0.05) is 18.2 Å². The maximum atomic E-state index is 12.6. The zero-order chi connectivity index (χ0) is 18.0. The number of hydrogen-bond acceptors (Lipinski definition) is 4. The Balaban J connectivity index is 1.96. The summed E-state index contributed by atoms with van der Waals surface area (Å²) in [5, 5.41) is 11.2. The van der Waals surface area contributed by atoms with Crippen molar-refractivity contribution in [2.24, 2.45) is 0 Å². The van der Waals surface area contributed by atoms with Gasteiger partial charge in [0.05, 0.1) is 15.9 Å². The molecule has 0 spiro atoms. The molecule has 0 bridgehead atoms. The smallest absolute Gasteiger partial charge is 0.282 e. The molecule has 1 heterocycles. The van der Waals surface area contributed by atoms with Crippen molar-refractivity contribution in [1.82, 2.24) is 5.43 Å². The lowest BCUT2D eigenvalue weighted by molar-refractivity contribution is -0.117. The van der Waals surface area contributed by atoms with Gasteiger partial charge in [-0.3, -0.25) is 15.0 Å². The molecule has 0 aliphatic carbocycles. The van der Waals surface area contributed by atoms with E-state index in [9.17, 15) is 14.7 Å². The predicted octanol–water partition coefficient (Wildman–Crippen LogP) is 2.86. The largest absolute Gasteiger partial charge is 0.504 e. The molecule has 1 aliphatic heterocycles. The number of carbonyl (C=O) groups is 2. The van der Waals surface area contributed by atoms with Crippen molar-refractivity contribution in [2.45, 2.75) is 6.92 Å². The molecule has 2 aromatic rings. The summed E-state index contributed by atoms with van der Waals surface area (Å²) >= 11 is 1.97. The molecule has 3 rings (SSSR count). The van der Waals surface area contributed by atoms with Crippen molar-refractivity contribution in [3.63, 3.8) is 0 Å². The normalized spacial score (nSPS) is 15.6. The SMILES string of the molecule is CCOc1cc(/C=C2/C(=O)NN(c3ccccc3)C2=O)cc(I)c1O. The molecule has 6 nitrogen and oxygen atoms in total. The lowest BCUT2D eigenvalue weighted by Gasteiger charge is -2.13. The highest BCUT2D eigenvalue weighted by Crippen LogP contribution is 2.34. The quantitative estimate of drug-likeness (QED) is 0.427. The minimum absolute atomic E-state index is 0.0211. The molecular formula is C18H15IN2O4. The molecular weight excluding hydrogens is 435 g/mol. The lowest BCUT2D eigenvalue weighted by atomic mass is 10.1. The number of rotatable bonds is 4. The molecule has 2 N–H and O–H groups in total. The van der Waals surface area contributed by atoms with E-state index in [1.807, 2.05) is 35.6 Å². The highest BCUT2D eigenvalue weighted by molar-refractivity contribution is 14.1. The maximum Gasteiger partial charge on any atom is 0.282 e. The minimum atomic E-state index is -0.477. The van der Waals surface area contributed by atoms with Crippen LogP contribution in [0.4, 0.5) is 5.69 Å². The van der Waals surface area contributed by atoms with Gasteiger partial charge >= 0.3 is 0 Å². The van der Waals surface area contributed by atoms with Crippen molar-refractivity contribution in [2.75, 3.05) is 11.6 Å². The molecule has 0 saturated carbocycles. The summed E-state index contributed by atoms with van der Waals surface area (Å²) < 4.78 is 5.96. The van der Waals surface area contributed by atoms with E-state index >= 15 is 0 Å². The summed E-state index contributed by atoms with van der Waals surface area (Å²) in [6, 6.07) is 12.1. The third-order valence-electron chi connectivity index (χ3n) is 3.57. The van der Waals surface area contributed by atoms with Crippen LogP contribution >= 0.6 is 22.6 Å². The molecule has 1 fully saturated rings. The van der Waals surface area contributed by atoms with Gasteiger partial charge in [0.1, 0.15) is 5.57 Å². The fourth-order valence-corrected chi connectivity index (χ4v) is 3.05. The number of carbonyl (C=O) groups excluding carboxylic acids is 2. The van der Waals surface area contributed by atoms with Gasteiger partial charge in [0, 0.05) is 0 Å². The van der Waals surface area contributed by atoms with Crippen molar-refractivity contribution >= 4 is 46.2 Å². The number of anilines is 1. The summed E-state index contributed by atoms with van der Waals surface area (Å²) in [7, 11) is 0. The number of amides is 2. The topological polar surface area (TPSA) is 78.9 Å². The van der Waals surface area contributed by atoms with E-state index in [0.29, 0.717) is 27.2 Å². The van der Waals surface area contributed by atoms with E-state index in [-0.39, 0.29) is 11.3 Å². The van der Waals surface area contributed by atoms with Crippen LogP contribution < -0.4 is 15.2 Å². The standard InChI is InChI=1S/C18H15IN2O4/c1-2-25-15-10-11(9-14(19)16(15)22)8-13-17(23)20-21(18(13)24)12-6-4-3-5-7-12/h3-10,22H,2H2,1H3,(H,20,23)/b13-8-. The minimum Gasteiger partial charge on any atom is -0.504 e. The van der Waals surface area contributed by atoms with E-state index in [0.717, 1.165) is 0 Å². The number of hydrazine groups is 1. The third-order valence-corrected chi connectivity index (χ3v) is 4.39. The summed E-state index contributed by atoms with van der Waals surface area (Å²) in [4.78, 5) is 24.8. The van der Waals surface area contributed by atoms with Crippen LogP contribution in [0.5, 0.6) is 11.5 Å². The number of halogens is 1. The zero-order valence-electron chi connectivity index (χ0n) is 13.3. The summed E-state index contributed by atoms with van der Waals surface area (Å²) in [6.45, 7) is 2.20. The Hall–Kier alpha value is -2.55. The average Bonchev–Trinajstić information content (AvgIpc) is 2.88. The Morgan fingerprint density at radius 1 is 1.24 bits per heavy atom. The van der Waals surface area contributed by atoms with Crippen LogP contribution in [0.2, 0.25) is 0 Å². The van der Waals surface area contributed by atoms with Crippen LogP contribution in [0, 0.1) is 3.57 Å². The Morgan fingerprint density at radius 3 is 2.64 bits per heavy atom. The fourth-order valence-electron chi connectivity index (χ4n) is 2.43. The fraction of sp³-hybridized carbons (Fsp3) is 0.111. The summed E-state index contributed by atoms with van der Waals surface area (Å²) in [6.07, 6.45) is 1.49. The Bertz CT molecular complexity index is 865. The Labute approximate surface area is 158 Å². The third kappa shape index (κ3) is 3.46. The number of para-hydroxylation sites is 1. The van der Waals surface area contributed by atoms with E-state index in [2.05, 4.69) is 5.43 Å². The van der Waals surface area contributed by atoms with Crippen molar-refractivity contribution < 1.29 is 19.4 Å². The second kappa shape index (κ2) is 7.14. The molecule has 0 radical (unpaired) electrons. The monoisotopic (exact) mass is 450 g/mol. The number of phenols is 1. The van der Waals surface area contributed by atoms with Gasteiger partial charge in [-0.05, 0) is 65.4 Å². The van der Waals surface area contributed by atoms with Crippen LogP contribution in [0.3, 0.4) is 0 Å². The second-order valence-electron chi connectivity index (χ2n) is 5.26. The Kier molecular flexibility index (Phi) is 4.93. The first-order valence-electron chi connectivity index (χ1n) is 7.58. The number of phenolic OH excluding ortho intramolecular Hbond substituents is 1. The first kappa shape index (κ1) is 17.3. The highest BCUT2D eigenvalue weighted by atomic mass is 127. The number of ether oxygens (including phenoxy) is 1. The molecule has 0 atom stereocenters. The maximum absolute atomic E-state index is 12.6. The van der Waals surface area contributed by atoms with Crippen LogP contribution in [0.25, 0.3) is 6.08 Å². The number of aromatic hydroxyl groups is 1. The highest BCUT2D eigenvalue weighted by Gasteiger charge is 2.34. The molecule has 1 aliphatic rings. The molecule has 128 valence electrons. The number of nitrogens with zero attached hydrogens (tertiary/aromatic N) is 1.